The van der Waals surface area contributed by atoms with Gasteiger partial charge in [0, 0.05) is 18.8 Å². The molecule has 1 aromatic rings. The van der Waals surface area contributed by atoms with Crippen LogP contribution in [0.1, 0.15) is 45.2 Å². The Labute approximate surface area is 166 Å². The second-order valence-corrected chi connectivity index (χ2v) is 7.28. The molecule has 1 aromatic carbocycles. The Morgan fingerprint density at radius 2 is 1.93 bits per heavy atom. The number of rotatable bonds is 6. The average Bonchev–Trinajstić information content (AvgIpc) is 2.61. The first-order valence-corrected chi connectivity index (χ1v) is 9.66. The van der Waals surface area contributed by atoms with Crippen LogP contribution in [0.2, 0.25) is 0 Å². The number of hydrogen-bond donors (Lipinski definition) is 1. The van der Waals surface area contributed by atoms with Crippen LogP contribution < -0.4 is 5.32 Å². The summed E-state index contributed by atoms with van der Waals surface area (Å²) in [5, 5.41) is 3.28. The summed E-state index contributed by atoms with van der Waals surface area (Å²) in [4.78, 5) is 4.62. The lowest BCUT2D eigenvalue weighted by atomic mass is 10.00. The fourth-order valence-electron chi connectivity index (χ4n) is 3.33. The molecule has 1 aliphatic rings. The van der Waals surface area contributed by atoms with Gasteiger partial charge in [-0.15, -0.1) is 0 Å². The minimum absolute atomic E-state index is 0.0314. The van der Waals surface area contributed by atoms with E-state index in [1.165, 1.54) is 12.1 Å². The molecule has 28 heavy (non-hydrogen) atoms. The third-order valence-electron chi connectivity index (χ3n) is 4.52. The molecule has 0 spiro atoms. The van der Waals surface area contributed by atoms with Crippen LogP contribution in [0.25, 0.3) is 5.70 Å². The number of allylic oxidation sites excluding steroid dienone is 4. The van der Waals surface area contributed by atoms with Crippen molar-refractivity contribution in [1.82, 2.24) is 5.32 Å². The summed E-state index contributed by atoms with van der Waals surface area (Å²) in [5.74, 6) is -1.19. The Kier molecular flexibility index (Phi) is 8.27. The molecule has 1 saturated heterocycles. The van der Waals surface area contributed by atoms with Crippen LogP contribution >= 0.6 is 0 Å². The Morgan fingerprint density at radius 3 is 2.50 bits per heavy atom. The van der Waals surface area contributed by atoms with Crippen LogP contribution in [0.4, 0.5) is 8.78 Å². The first-order valence-electron chi connectivity index (χ1n) is 9.66. The van der Waals surface area contributed by atoms with Gasteiger partial charge in [0.2, 0.25) is 0 Å². The molecule has 0 amide bonds. The fraction of sp³-hybridized carbons (Fsp3) is 0.435. The predicted molar refractivity (Wildman–Crippen MR) is 113 cm³/mol. The summed E-state index contributed by atoms with van der Waals surface area (Å²) in [6.07, 6.45) is 6.33. The maximum absolute atomic E-state index is 14.7. The number of hydrogen-bond acceptors (Lipinski definition) is 3. The highest BCUT2D eigenvalue weighted by atomic mass is 19.1. The smallest absolute Gasteiger partial charge is 0.135 e. The van der Waals surface area contributed by atoms with Gasteiger partial charge >= 0.3 is 0 Å². The zero-order valence-corrected chi connectivity index (χ0v) is 17.4. The molecule has 0 aromatic heterocycles. The molecular weight excluding hydrogens is 358 g/mol. The fourth-order valence-corrected chi connectivity index (χ4v) is 3.33. The Hall–Kier alpha value is -2.11. The van der Waals surface area contributed by atoms with Gasteiger partial charge < -0.3 is 10.1 Å². The average molecular weight is 389 g/mol. The number of benzene rings is 1. The van der Waals surface area contributed by atoms with Crippen molar-refractivity contribution in [2.75, 3.05) is 19.7 Å². The van der Waals surface area contributed by atoms with Gasteiger partial charge in [-0.05, 0) is 76.0 Å². The summed E-state index contributed by atoms with van der Waals surface area (Å²) in [7, 11) is 0. The van der Waals surface area contributed by atoms with E-state index in [0.717, 1.165) is 17.7 Å². The summed E-state index contributed by atoms with van der Waals surface area (Å²) < 4.78 is 35.2. The van der Waals surface area contributed by atoms with E-state index in [4.69, 9.17) is 4.74 Å². The van der Waals surface area contributed by atoms with Crippen LogP contribution in [0.5, 0.6) is 0 Å². The van der Waals surface area contributed by atoms with Gasteiger partial charge in [0.25, 0.3) is 0 Å². The third-order valence-corrected chi connectivity index (χ3v) is 4.52. The van der Waals surface area contributed by atoms with Gasteiger partial charge in [-0.25, -0.2) is 8.78 Å². The minimum atomic E-state index is -0.597. The van der Waals surface area contributed by atoms with Gasteiger partial charge in [-0.2, -0.15) is 0 Å². The summed E-state index contributed by atoms with van der Waals surface area (Å²) >= 11 is 0. The monoisotopic (exact) mass is 388 g/mol. The molecule has 1 heterocycles. The highest BCUT2D eigenvalue weighted by molar-refractivity contribution is 5.97. The lowest BCUT2D eigenvalue weighted by Gasteiger charge is -2.24. The molecule has 3 nitrogen and oxygen atoms in total. The molecule has 0 bridgehead atoms. The van der Waals surface area contributed by atoms with E-state index in [-0.39, 0.29) is 11.7 Å². The van der Waals surface area contributed by atoms with Gasteiger partial charge in [0.15, 0.2) is 0 Å². The second-order valence-electron chi connectivity index (χ2n) is 7.28. The quantitative estimate of drug-likeness (QED) is 0.525. The van der Waals surface area contributed by atoms with Crippen molar-refractivity contribution in [1.29, 1.82) is 0 Å². The molecule has 2 rings (SSSR count). The zero-order valence-electron chi connectivity index (χ0n) is 17.4. The maximum Gasteiger partial charge on any atom is 0.135 e. The first kappa shape index (κ1) is 22.2. The third kappa shape index (κ3) is 6.21. The molecular formula is C23H30F2N2O. The Bertz CT molecular complexity index is 793. The summed E-state index contributed by atoms with van der Waals surface area (Å²) in [6, 6.07) is 2.69. The molecule has 0 saturated carbocycles. The molecule has 1 N–H and O–H groups in total. The number of nitrogens with one attached hydrogen (secondary N) is 1. The molecule has 152 valence electrons. The van der Waals surface area contributed by atoms with E-state index in [9.17, 15) is 8.78 Å². The van der Waals surface area contributed by atoms with Gasteiger partial charge in [-0.1, -0.05) is 12.2 Å². The van der Waals surface area contributed by atoms with Crippen molar-refractivity contribution in [3.63, 3.8) is 0 Å². The van der Waals surface area contributed by atoms with Crippen molar-refractivity contribution in [2.45, 2.75) is 47.1 Å². The van der Waals surface area contributed by atoms with Gasteiger partial charge in [0.05, 0.1) is 24.0 Å². The second kappa shape index (κ2) is 10.4. The predicted octanol–water partition coefficient (Wildman–Crippen LogP) is 5.37. The molecule has 5 heteroatoms. The lowest BCUT2D eigenvalue weighted by Crippen LogP contribution is -2.38. The number of ether oxygens (including phenoxy) is 1. The number of nitrogens with zero attached hydrogens (tertiary/aromatic N) is 1. The van der Waals surface area contributed by atoms with E-state index in [1.54, 1.807) is 6.92 Å². The van der Waals surface area contributed by atoms with Crippen molar-refractivity contribution in [3.05, 3.63) is 64.3 Å². The van der Waals surface area contributed by atoms with Crippen LogP contribution in [-0.2, 0) is 4.74 Å². The van der Waals surface area contributed by atoms with Crippen molar-refractivity contribution in [2.24, 2.45) is 4.99 Å². The molecule has 0 radical (unpaired) electrons. The van der Waals surface area contributed by atoms with Crippen LogP contribution in [0.15, 0.2) is 46.5 Å². The van der Waals surface area contributed by atoms with Gasteiger partial charge in [0.1, 0.15) is 11.6 Å². The summed E-state index contributed by atoms with van der Waals surface area (Å²) in [6.45, 7) is 11.4. The first-order chi connectivity index (χ1) is 13.3. The number of halogens is 2. The molecule has 1 fully saturated rings. The van der Waals surface area contributed by atoms with Gasteiger partial charge in [-0.3, -0.25) is 4.99 Å². The maximum atomic E-state index is 14.7. The molecule has 1 aliphatic heterocycles. The van der Waals surface area contributed by atoms with E-state index in [0.29, 0.717) is 36.5 Å². The zero-order chi connectivity index (χ0) is 20.7. The molecule has 1 unspecified atom stereocenters. The lowest BCUT2D eigenvalue weighted by molar-refractivity contribution is 0.0293. The van der Waals surface area contributed by atoms with Crippen LogP contribution in [0, 0.1) is 18.6 Å². The minimum Gasteiger partial charge on any atom is -0.375 e. The van der Waals surface area contributed by atoms with Crippen molar-refractivity contribution < 1.29 is 13.5 Å². The van der Waals surface area contributed by atoms with E-state index in [2.05, 4.69) is 10.3 Å². The van der Waals surface area contributed by atoms with E-state index in [1.807, 2.05) is 45.9 Å². The standard InChI is InChI=1S/C23H30F2N2O/c1-6-7-15(2)10-18(5)27-23(17(4)13-19-14-26-8-9-28-19)22-20(24)11-16(3)12-21(22)25/h6-7,10-12,19,26H,8-9,13-14H2,1-5H3/b7-6-,15-10-,23-17+,27-18+. The number of aryl methyl sites for hydroxylation is 1. The highest BCUT2D eigenvalue weighted by Crippen LogP contribution is 2.30. The normalized spacial score (nSPS) is 19.9. The SMILES string of the molecule is C\C=C/C(C)=C\C(C)=N\C(=C(/C)CC1CNCCO1)c1c(F)cc(C)cc1F. The molecule has 1 atom stereocenters. The number of morpholine rings is 1. The topological polar surface area (TPSA) is 33.6 Å². The van der Waals surface area contributed by atoms with E-state index < -0.39 is 11.6 Å². The van der Waals surface area contributed by atoms with Crippen LogP contribution in [-0.4, -0.2) is 31.5 Å². The number of aliphatic imine (C=N–C) groups is 1. The molecule has 0 aliphatic carbocycles. The highest BCUT2D eigenvalue weighted by Gasteiger charge is 2.20. The Morgan fingerprint density at radius 1 is 1.25 bits per heavy atom. The summed E-state index contributed by atoms with van der Waals surface area (Å²) in [5.41, 5.74) is 3.30. The Balaban J connectivity index is 2.52. The van der Waals surface area contributed by atoms with E-state index >= 15 is 0 Å². The van der Waals surface area contributed by atoms with Crippen molar-refractivity contribution in [3.8, 4) is 0 Å². The largest absolute Gasteiger partial charge is 0.375 e. The van der Waals surface area contributed by atoms with Crippen LogP contribution in [0.3, 0.4) is 0 Å². The van der Waals surface area contributed by atoms with Crippen molar-refractivity contribution >= 4 is 11.4 Å².